The van der Waals surface area contributed by atoms with Crippen molar-refractivity contribution >= 4 is 49.2 Å². The van der Waals surface area contributed by atoms with Gasteiger partial charge in [-0.05, 0) is 35.9 Å². The molecule has 0 bridgehead atoms. The first-order valence-corrected chi connectivity index (χ1v) is 12.9. The predicted molar refractivity (Wildman–Crippen MR) is 141 cm³/mol. The average molecular weight is 530 g/mol. The van der Waals surface area contributed by atoms with Gasteiger partial charge >= 0.3 is 0 Å². The quantitative estimate of drug-likeness (QED) is 0.312. The van der Waals surface area contributed by atoms with E-state index in [0.29, 0.717) is 27.2 Å². The van der Waals surface area contributed by atoms with Crippen LogP contribution in [0.5, 0.6) is 0 Å². The van der Waals surface area contributed by atoms with Crippen molar-refractivity contribution < 1.29 is 12.9 Å². The lowest BCUT2D eigenvalue weighted by Gasteiger charge is -2.13. The number of sulfonamides is 1. The van der Waals surface area contributed by atoms with Gasteiger partial charge in [-0.2, -0.15) is 0 Å². The van der Waals surface area contributed by atoms with Crippen molar-refractivity contribution in [1.82, 2.24) is 20.1 Å². The SMILES string of the molecule is O=c1[nH]c2nc(-c3ccccc3)c(-c3cc(Cl)c4ncccc4c3)cc2cc1S(=O)(=O)Nc1cnoc1. The molecule has 9 nitrogen and oxygen atoms in total. The molecule has 37 heavy (non-hydrogen) atoms. The molecular formula is C26H16ClN5O4S. The van der Waals surface area contributed by atoms with Crippen LogP contribution < -0.4 is 10.3 Å². The van der Waals surface area contributed by atoms with Crippen LogP contribution in [0.4, 0.5) is 5.69 Å². The van der Waals surface area contributed by atoms with E-state index >= 15 is 0 Å². The third-order valence-electron chi connectivity index (χ3n) is 5.78. The summed E-state index contributed by atoms with van der Waals surface area (Å²) in [5.41, 5.74) is 3.07. The smallest absolute Gasteiger partial charge is 0.270 e. The van der Waals surface area contributed by atoms with Gasteiger partial charge in [0.25, 0.3) is 15.6 Å². The van der Waals surface area contributed by atoms with Gasteiger partial charge in [0, 0.05) is 28.1 Å². The number of nitrogens with one attached hydrogen (secondary N) is 2. The number of anilines is 1. The summed E-state index contributed by atoms with van der Waals surface area (Å²) in [4.78, 5) is 24.1. The number of pyridine rings is 3. The molecule has 0 aliphatic heterocycles. The summed E-state index contributed by atoms with van der Waals surface area (Å²) in [6.07, 6.45) is 3.99. The number of rotatable bonds is 5. The zero-order chi connectivity index (χ0) is 25.6. The van der Waals surface area contributed by atoms with Crippen LogP contribution in [0.2, 0.25) is 5.02 Å². The van der Waals surface area contributed by atoms with Gasteiger partial charge in [-0.1, -0.05) is 53.2 Å². The zero-order valence-electron chi connectivity index (χ0n) is 18.8. The molecule has 4 heterocycles. The topological polar surface area (TPSA) is 131 Å². The fourth-order valence-electron chi connectivity index (χ4n) is 4.12. The fraction of sp³-hybridized carbons (Fsp3) is 0. The van der Waals surface area contributed by atoms with Crippen LogP contribution in [-0.2, 0) is 10.0 Å². The van der Waals surface area contributed by atoms with E-state index in [-0.39, 0.29) is 11.3 Å². The molecule has 0 spiro atoms. The highest BCUT2D eigenvalue weighted by Crippen LogP contribution is 2.36. The van der Waals surface area contributed by atoms with E-state index < -0.39 is 20.5 Å². The van der Waals surface area contributed by atoms with Crippen molar-refractivity contribution in [3.05, 3.63) is 101 Å². The van der Waals surface area contributed by atoms with Crippen LogP contribution in [0.3, 0.4) is 0 Å². The van der Waals surface area contributed by atoms with Gasteiger partial charge in [0.15, 0.2) is 4.90 Å². The lowest BCUT2D eigenvalue weighted by molar-refractivity contribution is 0.420. The lowest BCUT2D eigenvalue weighted by atomic mass is 9.97. The van der Waals surface area contributed by atoms with Gasteiger partial charge < -0.3 is 9.51 Å². The summed E-state index contributed by atoms with van der Waals surface area (Å²) in [7, 11) is -4.23. The molecule has 2 N–H and O–H groups in total. The van der Waals surface area contributed by atoms with Crippen molar-refractivity contribution in [2.45, 2.75) is 4.90 Å². The van der Waals surface area contributed by atoms with Crippen molar-refractivity contribution in [3.8, 4) is 22.4 Å². The molecule has 0 atom stereocenters. The van der Waals surface area contributed by atoms with Gasteiger partial charge in [0.05, 0.1) is 22.4 Å². The molecule has 0 fully saturated rings. The molecule has 4 aromatic heterocycles. The van der Waals surface area contributed by atoms with Gasteiger partial charge in [-0.25, -0.2) is 13.4 Å². The Hall–Kier alpha value is -4.54. The first-order chi connectivity index (χ1) is 17.9. The van der Waals surface area contributed by atoms with E-state index in [1.54, 1.807) is 18.3 Å². The number of nitrogens with zero attached hydrogens (tertiary/aromatic N) is 3. The average Bonchev–Trinajstić information content (AvgIpc) is 3.40. The molecule has 0 unspecified atom stereocenters. The molecule has 0 saturated heterocycles. The van der Waals surface area contributed by atoms with Crippen LogP contribution in [-0.4, -0.2) is 28.5 Å². The normalized spacial score (nSPS) is 11.7. The molecular weight excluding hydrogens is 514 g/mol. The molecule has 6 rings (SSSR count). The first kappa shape index (κ1) is 22.9. The minimum Gasteiger partial charge on any atom is -0.362 e. The van der Waals surface area contributed by atoms with E-state index in [2.05, 4.69) is 24.4 Å². The van der Waals surface area contributed by atoms with Gasteiger partial charge in [-0.15, -0.1) is 0 Å². The van der Waals surface area contributed by atoms with Gasteiger partial charge in [0.2, 0.25) is 0 Å². The Bertz CT molecular complexity index is 1960. The Morgan fingerprint density at radius 2 is 1.78 bits per heavy atom. The molecule has 6 aromatic rings. The lowest BCUT2D eigenvalue weighted by Crippen LogP contribution is -2.23. The Morgan fingerprint density at radius 3 is 2.57 bits per heavy atom. The summed E-state index contributed by atoms with van der Waals surface area (Å²) in [6.45, 7) is 0. The highest BCUT2D eigenvalue weighted by atomic mass is 35.5. The minimum atomic E-state index is -4.23. The number of aromatic nitrogens is 4. The van der Waals surface area contributed by atoms with Crippen molar-refractivity contribution in [2.75, 3.05) is 4.72 Å². The third kappa shape index (κ3) is 4.22. The molecule has 182 valence electrons. The molecule has 0 radical (unpaired) electrons. The van der Waals surface area contributed by atoms with Crippen LogP contribution in [0.25, 0.3) is 44.3 Å². The molecule has 0 amide bonds. The Labute approximate surface area is 214 Å². The standard InChI is InChI=1S/C26H16ClN5O4S/c27-21-11-17(9-16-7-4-8-28-24(16)21)20-10-18-12-22(37(34,35)32-19-13-29-36-14-19)26(33)31-25(18)30-23(20)15-5-2-1-3-6-15/h1-14,32H,(H,30,31,33). The largest absolute Gasteiger partial charge is 0.362 e. The monoisotopic (exact) mass is 529 g/mol. The molecule has 0 saturated carbocycles. The Morgan fingerprint density at radius 1 is 0.946 bits per heavy atom. The second-order valence-electron chi connectivity index (χ2n) is 8.20. The maximum atomic E-state index is 13.0. The maximum Gasteiger partial charge on any atom is 0.270 e. The van der Waals surface area contributed by atoms with E-state index in [9.17, 15) is 13.2 Å². The number of hydrogen-bond donors (Lipinski definition) is 2. The minimum absolute atomic E-state index is 0.0946. The number of hydrogen-bond acceptors (Lipinski definition) is 7. The summed E-state index contributed by atoms with van der Waals surface area (Å²) in [6, 6.07) is 20.0. The third-order valence-corrected chi connectivity index (χ3v) is 7.46. The molecule has 0 aliphatic rings. The highest BCUT2D eigenvalue weighted by molar-refractivity contribution is 7.92. The number of halogens is 1. The van der Waals surface area contributed by atoms with Crippen LogP contribution >= 0.6 is 11.6 Å². The van der Waals surface area contributed by atoms with E-state index in [4.69, 9.17) is 16.6 Å². The number of H-pyrrole nitrogens is 1. The number of benzene rings is 2. The summed E-state index contributed by atoms with van der Waals surface area (Å²) in [5, 5.41) is 5.20. The second kappa shape index (κ2) is 8.84. The van der Waals surface area contributed by atoms with E-state index in [1.807, 2.05) is 48.5 Å². The zero-order valence-corrected chi connectivity index (χ0v) is 20.4. The molecule has 2 aromatic carbocycles. The molecule has 11 heteroatoms. The van der Waals surface area contributed by atoms with Crippen LogP contribution in [0, 0.1) is 0 Å². The maximum absolute atomic E-state index is 13.0. The Balaban J connectivity index is 1.60. The fourth-order valence-corrected chi connectivity index (χ4v) is 5.49. The highest BCUT2D eigenvalue weighted by Gasteiger charge is 2.22. The van der Waals surface area contributed by atoms with E-state index in [1.165, 1.54) is 12.3 Å². The first-order valence-electron chi connectivity index (χ1n) is 11.0. The summed E-state index contributed by atoms with van der Waals surface area (Å²) in [5.74, 6) is 0. The Kier molecular flexibility index (Phi) is 5.47. The second-order valence-corrected chi connectivity index (χ2v) is 10.3. The molecule has 0 aliphatic carbocycles. The van der Waals surface area contributed by atoms with Gasteiger partial charge in [-0.3, -0.25) is 14.5 Å². The van der Waals surface area contributed by atoms with Crippen molar-refractivity contribution in [2.24, 2.45) is 0 Å². The number of aromatic amines is 1. The predicted octanol–water partition coefficient (Wildman–Crippen LogP) is 5.25. The number of fused-ring (bicyclic) bond motifs is 2. The van der Waals surface area contributed by atoms with E-state index in [0.717, 1.165) is 22.8 Å². The van der Waals surface area contributed by atoms with Crippen molar-refractivity contribution in [3.63, 3.8) is 0 Å². The summed E-state index contributed by atoms with van der Waals surface area (Å²) >= 11 is 6.57. The van der Waals surface area contributed by atoms with Crippen LogP contribution in [0.15, 0.2) is 99.6 Å². The van der Waals surface area contributed by atoms with Gasteiger partial charge in [0.1, 0.15) is 17.6 Å². The summed E-state index contributed by atoms with van der Waals surface area (Å²) < 4.78 is 32.9. The van der Waals surface area contributed by atoms with Crippen molar-refractivity contribution in [1.29, 1.82) is 0 Å². The van der Waals surface area contributed by atoms with Crippen LogP contribution in [0.1, 0.15) is 0 Å².